The van der Waals surface area contributed by atoms with Crippen LogP contribution in [-0.2, 0) is 0 Å². The standard InChI is InChI=1S/C21H15BO/c22-20-8-4-7-19(15-20)21(23)14-11-16-9-12-18(13-10-16)17-5-2-1-3-6-17/h1-15H/b14-11+. The van der Waals surface area contributed by atoms with E-state index >= 15 is 0 Å². The number of ketones is 1. The van der Waals surface area contributed by atoms with Crippen LogP contribution >= 0.6 is 0 Å². The molecule has 1 nitrogen and oxygen atoms in total. The molecule has 0 fully saturated rings. The first kappa shape index (κ1) is 15.0. The van der Waals surface area contributed by atoms with Crippen molar-refractivity contribution in [3.63, 3.8) is 0 Å². The smallest absolute Gasteiger partial charge is 0.185 e. The van der Waals surface area contributed by atoms with Gasteiger partial charge in [-0.2, -0.15) is 0 Å². The maximum atomic E-state index is 12.1. The highest BCUT2D eigenvalue weighted by atomic mass is 16.1. The molecule has 0 saturated heterocycles. The first-order chi connectivity index (χ1) is 11.2. The van der Waals surface area contributed by atoms with Crippen molar-refractivity contribution >= 4 is 25.2 Å². The Bertz CT molecular complexity index is 833. The molecule has 0 aliphatic carbocycles. The fourth-order valence-electron chi connectivity index (χ4n) is 2.38. The molecular formula is C21H15BO. The molecule has 0 atom stereocenters. The fourth-order valence-corrected chi connectivity index (χ4v) is 2.38. The quantitative estimate of drug-likeness (QED) is 0.403. The summed E-state index contributed by atoms with van der Waals surface area (Å²) < 4.78 is 0. The van der Waals surface area contributed by atoms with Gasteiger partial charge in [0.05, 0.1) is 0 Å². The van der Waals surface area contributed by atoms with E-state index in [1.54, 1.807) is 30.3 Å². The molecule has 0 aliphatic rings. The van der Waals surface area contributed by atoms with Crippen molar-refractivity contribution in [1.29, 1.82) is 0 Å². The SMILES string of the molecule is [B]c1cccc(C(=O)/C=C/c2ccc(-c3ccccc3)cc2)c1. The second-order valence-corrected chi connectivity index (χ2v) is 5.31. The van der Waals surface area contributed by atoms with Crippen molar-refractivity contribution in [2.24, 2.45) is 0 Å². The minimum absolute atomic E-state index is 0.0514. The lowest BCUT2D eigenvalue weighted by atomic mass is 9.93. The van der Waals surface area contributed by atoms with Crippen LogP contribution in [0.4, 0.5) is 0 Å². The molecule has 0 heterocycles. The monoisotopic (exact) mass is 294 g/mol. The van der Waals surface area contributed by atoms with Crippen LogP contribution in [-0.4, -0.2) is 13.6 Å². The van der Waals surface area contributed by atoms with Crippen LogP contribution in [0.5, 0.6) is 0 Å². The first-order valence-electron chi connectivity index (χ1n) is 7.46. The molecule has 0 saturated carbocycles. The molecule has 2 heteroatoms. The molecule has 0 unspecified atom stereocenters. The summed E-state index contributed by atoms with van der Waals surface area (Å²) in [7, 11) is 5.70. The van der Waals surface area contributed by atoms with Gasteiger partial charge < -0.3 is 0 Å². The van der Waals surface area contributed by atoms with Gasteiger partial charge in [-0.15, -0.1) is 0 Å². The van der Waals surface area contributed by atoms with Gasteiger partial charge in [0.2, 0.25) is 0 Å². The number of hydrogen-bond acceptors (Lipinski definition) is 1. The molecule has 0 amide bonds. The number of hydrogen-bond donors (Lipinski definition) is 0. The van der Waals surface area contributed by atoms with Crippen molar-refractivity contribution in [1.82, 2.24) is 0 Å². The number of carbonyl (C=O) groups is 1. The lowest BCUT2D eigenvalue weighted by molar-refractivity contribution is 0.104. The highest BCUT2D eigenvalue weighted by Gasteiger charge is 2.01. The molecule has 0 aliphatic heterocycles. The number of benzene rings is 3. The Kier molecular flexibility index (Phi) is 4.53. The third-order valence-electron chi connectivity index (χ3n) is 3.62. The summed E-state index contributed by atoms with van der Waals surface area (Å²) in [6.45, 7) is 0. The van der Waals surface area contributed by atoms with Crippen molar-refractivity contribution < 1.29 is 4.79 Å². The van der Waals surface area contributed by atoms with Gasteiger partial charge in [-0.25, -0.2) is 0 Å². The normalized spacial score (nSPS) is 10.8. The molecule has 3 aromatic carbocycles. The predicted octanol–water partition coefficient (Wildman–Crippen LogP) is 4.04. The average Bonchev–Trinajstić information content (AvgIpc) is 2.61. The van der Waals surface area contributed by atoms with E-state index in [1.165, 1.54) is 5.56 Å². The van der Waals surface area contributed by atoms with Crippen molar-refractivity contribution in [2.75, 3.05) is 0 Å². The Hall–Kier alpha value is -2.87. The van der Waals surface area contributed by atoms with Crippen LogP contribution in [0.3, 0.4) is 0 Å². The fraction of sp³-hybridized carbons (Fsp3) is 0. The van der Waals surface area contributed by atoms with Gasteiger partial charge >= 0.3 is 0 Å². The van der Waals surface area contributed by atoms with Crippen molar-refractivity contribution in [2.45, 2.75) is 0 Å². The maximum Gasteiger partial charge on any atom is 0.185 e. The van der Waals surface area contributed by atoms with Gasteiger partial charge in [-0.05, 0) is 22.8 Å². The van der Waals surface area contributed by atoms with E-state index in [9.17, 15) is 4.79 Å². The van der Waals surface area contributed by atoms with Crippen LogP contribution in [0.15, 0.2) is 84.9 Å². The lowest BCUT2D eigenvalue weighted by Crippen LogP contribution is -2.05. The van der Waals surface area contributed by atoms with Gasteiger partial charge in [-0.3, -0.25) is 4.79 Å². The Morgan fingerprint density at radius 3 is 2.17 bits per heavy atom. The minimum Gasteiger partial charge on any atom is -0.289 e. The second kappa shape index (κ2) is 6.93. The largest absolute Gasteiger partial charge is 0.289 e. The summed E-state index contributed by atoms with van der Waals surface area (Å²) in [6.07, 6.45) is 3.40. The summed E-state index contributed by atoms with van der Waals surface area (Å²) in [5.41, 5.74) is 4.52. The van der Waals surface area contributed by atoms with Crippen molar-refractivity contribution in [3.8, 4) is 11.1 Å². The zero-order valence-corrected chi connectivity index (χ0v) is 12.6. The summed E-state index contributed by atoms with van der Waals surface area (Å²) in [5.74, 6) is -0.0514. The predicted molar refractivity (Wildman–Crippen MR) is 97.1 cm³/mol. The Morgan fingerprint density at radius 2 is 1.48 bits per heavy atom. The molecule has 0 aromatic heterocycles. The molecule has 23 heavy (non-hydrogen) atoms. The zero-order valence-electron chi connectivity index (χ0n) is 12.6. The Balaban J connectivity index is 1.74. The molecule has 108 valence electrons. The van der Waals surface area contributed by atoms with Crippen LogP contribution in [0.2, 0.25) is 0 Å². The van der Waals surface area contributed by atoms with E-state index in [0.717, 1.165) is 11.1 Å². The van der Waals surface area contributed by atoms with E-state index in [4.69, 9.17) is 7.85 Å². The lowest BCUT2D eigenvalue weighted by Gasteiger charge is -2.02. The molecule has 3 rings (SSSR count). The van der Waals surface area contributed by atoms with Crippen LogP contribution < -0.4 is 5.46 Å². The van der Waals surface area contributed by atoms with E-state index < -0.39 is 0 Å². The average molecular weight is 294 g/mol. The molecule has 0 spiro atoms. The van der Waals surface area contributed by atoms with Gasteiger partial charge in [-0.1, -0.05) is 90.4 Å². The first-order valence-corrected chi connectivity index (χ1v) is 7.46. The van der Waals surface area contributed by atoms with E-state index in [-0.39, 0.29) is 5.78 Å². The van der Waals surface area contributed by atoms with Crippen LogP contribution in [0, 0.1) is 0 Å². The van der Waals surface area contributed by atoms with E-state index in [1.807, 2.05) is 36.4 Å². The Morgan fingerprint density at radius 1 is 0.783 bits per heavy atom. The topological polar surface area (TPSA) is 17.1 Å². The third kappa shape index (κ3) is 3.86. The van der Waals surface area contributed by atoms with Gasteiger partial charge in [0.15, 0.2) is 5.78 Å². The minimum atomic E-state index is -0.0514. The molecule has 2 radical (unpaired) electrons. The number of allylic oxidation sites excluding steroid dienone is 1. The van der Waals surface area contributed by atoms with E-state index in [0.29, 0.717) is 11.0 Å². The van der Waals surface area contributed by atoms with Crippen molar-refractivity contribution in [3.05, 3.63) is 96.1 Å². The van der Waals surface area contributed by atoms with E-state index in [2.05, 4.69) is 24.3 Å². The second-order valence-electron chi connectivity index (χ2n) is 5.31. The summed E-state index contributed by atoms with van der Waals surface area (Å²) >= 11 is 0. The van der Waals surface area contributed by atoms with Gasteiger partial charge in [0.1, 0.15) is 7.85 Å². The molecule has 0 bridgehead atoms. The van der Waals surface area contributed by atoms with Gasteiger partial charge in [0, 0.05) is 5.56 Å². The zero-order chi connectivity index (χ0) is 16.1. The van der Waals surface area contributed by atoms with Gasteiger partial charge in [0.25, 0.3) is 0 Å². The molecular weight excluding hydrogens is 279 g/mol. The maximum absolute atomic E-state index is 12.1. The molecule has 3 aromatic rings. The highest BCUT2D eigenvalue weighted by molar-refractivity contribution is 6.32. The summed E-state index contributed by atoms with van der Waals surface area (Å²) in [4.78, 5) is 12.1. The number of rotatable bonds is 4. The van der Waals surface area contributed by atoms with Crippen LogP contribution in [0.1, 0.15) is 15.9 Å². The Labute approximate surface area is 137 Å². The summed E-state index contributed by atoms with van der Waals surface area (Å²) in [6, 6.07) is 25.3. The third-order valence-corrected chi connectivity index (χ3v) is 3.62. The number of carbonyl (C=O) groups excluding carboxylic acids is 1. The van der Waals surface area contributed by atoms with Crippen LogP contribution in [0.25, 0.3) is 17.2 Å². The summed E-state index contributed by atoms with van der Waals surface area (Å²) in [5, 5.41) is 0. The highest BCUT2D eigenvalue weighted by Crippen LogP contribution is 2.19. The molecule has 0 N–H and O–H groups in total.